The first-order valence-electron chi connectivity index (χ1n) is 7.67. The molecule has 0 saturated heterocycles. The van der Waals surface area contributed by atoms with Crippen molar-refractivity contribution in [3.05, 3.63) is 53.9 Å². The number of hydrogen-bond acceptors (Lipinski definition) is 4. The first kappa shape index (κ1) is 18.7. The maximum Gasteiger partial charge on any atom is 0.389 e. The lowest BCUT2D eigenvalue weighted by Crippen LogP contribution is -2.33. The molecule has 25 heavy (non-hydrogen) atoms. The van der Waals surface area contributed by atoms with Crippen LogP contribution in [-0.2, 0) is 11.2 Å². The molecule has 1 amide bonds. The Morgan fingerprint density at radius 3 is 2.48 bits per heavy atom. The maximum atomic E-state index is 12.4. The molecule has 2 rings (SSSR count). The Hall–Kier alpha value is -2.64. The fraction of sp³-hybridized carbons (Fsp3) is 0.353. The molecule has 0 aliphatic carbocycles. The summed E-state index contributed by atoms with van der Waals surface area (Å²) >= 11 is 0. The smallest absolute Gasteiger partial charge is 0.347 e. The number of carbonyl (C=O) groups excluding carboxylic acids is 1. The second-order valence-electron chi connectivity index (χ2n) is 5.71. The van der Waals surface area contributed by atoms with Crippen LogP contribution < -0.4 is 5.32 Å². The number of likely N-dealkylation sites (N-methyl/N-ethyl adjacent to an activating group) is 1. The van der Waals surface area contributed by atoms with Gasteiger partial charge in [0.25, 0.3) is 0 Å². The summed E-state index contributed by atoms with van der Waals surface area (Å²) in [5.41, 5.74) is 0.976. The molecule has 0 radical (unpaired) electrons. The molecular weight excluding hydrogens is 333 g/mol. The minimum atomic E-state index is -4.24. The average molecular weight is 352 g/mol. The van der Waals surface area contributed by atoms with Gasteiger partial charge in [0.2, 0.25) is 11.9 Å². The van der Waals surface area contributed by atoms with Gasteiger partial charge in [-0.1, -0.05) is 30.3 Å². The van der Waals surface area contributed by atoms with Crippen molar-refractivity contribution in [3.63, 3.8) is 0 Å². The molecule has 5 nitrogen and oxygen atoms in total. The molecule has 0 unspecified atom stereocenters. The number of halogens is 3. The minimum Gasteiger partial charge on any atom is -0.347 e. The summed E-state index contributed by atoms with van der Waals surface area (Å²) in [6, 6.07) is 9.70. The predicted octanol–water partition coefficient (Wildman–Crippen LogP) is 3.21. The topological polar surface area (TPSA) is 58.1 Å². The molecule has 2 aromatic rings. The Morgan fingerprint density at radius 2 is 1.88 bits per heavy atom. The number of aryl methyl sites for hydroxylation is 1. The number of amides is 1. The van der Waals surface area contributed by atoms with Crippen LogP contribution in [0.5, 0.6) is 0 Å². The largest absolute Gasteiger partial charge is 0.389 e. The lowest BCUT2D eigenvalue weighted by molar-refractivity contribution is -0.134. The van der Waals surface area contributed by atoms with Crippen molar-refractivity contribution in [1.29, 1.82) is 0 Å². The minimum absolute atomic E-state index is 0.115. The number of aromatic nitrogens is 2. The van der Waals surface area contributed by atoms with E-state index in [1.54, 1.807) is 38.4 Å². The van der Waals surface area contributed by atoms with E-state index in [2.05, 4.69) is 15.3 Å². The fourth-order valence-electron chi connectivity index (χ4n) is 2.20. The van der Waals surface area contributed by atoms with Gasteiger partial charge in [-0.2, -0.15) is 13.2 Å². The molecule has 1 atom stereocenters. The number of alkyl halides is 3. The highest BCUT2D eigenvalue weighted by atomic mass is 19.4. The third-order valence-corrected chi connectivity index (χ3v) is 3.47. The predicted molar refractivity (Wildman–Crippen MR) is 87.9 cm³/mol. The van der Waals surface area contributed by atoms with Gasteiger partial charge in [0.05, 0.1) is 0 Å². The number of nitrogens with one attached hydrogen (secondary N) is 1. The van der Waals surface area contributed by atoms with E-state index < -0.39 is 18.6 Å². The van der Waals surface area contributed by atoms with Crippen molar-refractivity contribution in [2.24, 2.45) is 0 Å². The Bertz CT molecular complexity index is 705. The number of hydrogen-bond donors (Lipinski definition) is 1. The number of rotatable bonds is 6. The van der Waals surface area contributed by atoms with E-state index in [0.717, 1.165) is 0 Å². The van der Waals surface area contributed by atoms with Crippen molar-refractivity contribution >= 4 is 11.9 Å². The summed E-state index contributed by atoms with van der Waals surface area (Å²) in [6.45, 7) is 0. The van der Waals surface area contributed by atoms with Gasteiger partial charge >= 0.3 is 6.18 Å². The highest BCUT2D eigenvalue weighted by molar-refractivity contribution is 5.85. The molecular formula is C17H19F3N4O. The van der Waals surface area contributed by atoms with Crippen LogP contribution in [0.2, 0.25) is 0 Å². The van der Waals surface area contributed by atoms with Crippen LogP contribution in [0.4, 0.5) is 19.1 Å². The molecule has 0 aliphatic heterocycles. The van der Waals surface area contributed by atoms with E-state index in [4.69, 9.17) is 0 Å². The molecule has 134 valence electrons. The van der Waals surface area contributed by atoms with Gasteiger partial charge in [-0.25, -0.2) is 9.97 Å². The number of anilines is 1. The fourth-order valence-corrected chi connectivity index (χ4v) is 2.20. The molecule has 0 spiro atoms. The zero-order chi connectivity index (χ0) is 18.4. The van der Waals surface area contributed by atoms with Gasteiger partial charge in [-0.15, -0.1) is 0 Å². The average Bonchev–Trinajstić information content (AvgIpc) is 2.58. The Balaban J connectivity index is 2.20. The summed E-state index contributed by atoms with van der Waals surface area (Å²) in [4.78, 5) is 22.0. The van der Waals surface area contributed by atoms with Crippen LogP contribution in [0.1, 0.15) is 23.7 Å². The highest BCUT2D eigenvalue weighted by Crippen LogP contribution is 2.23. The number of nitrogens with zero attached hydrogens (tertiary/aromatic N) is 3. The summed E-state index contributed by atoms with van der Waals surface area (Å²) in [5.74, 6) is -0.0979. The third-order valence-electron chi connectivity index (χ3n) is 3.47. The standard InChI is InChI=1S/C17H19F3N4O/c1-24(2)15(25)14(12-6-4-3-5-7-12)23-16-21-11-9-13(22-16)8-10-17(18,19)20/h3-7,9,11,14H,8,10H2,1-2H3,(H,21,22,23)/t14-/m1/s1. The van der Waals surface area contributed by atoms with Gasteiger partial charge in [0.15, 0.2) is 0 Å². The van der Waals surface area contributed by atoms with E-state index in [-0.39, 0.29) is 24.0 Å². The van der Waals surface area contributed by atoms with E-state index >= 15 is 0 Å². The summed E-state index contributed by atoms with van der Waals surface area (Å²) < 4.78 is 37.1. The van der Waals surface area contributed by atoms with Crippen LogP contribution in [0.3, 0.4) is 0 Å². The first-order chi connectivity index (χ1) is 11.8. The van der Waals surface area contributed by atoms with E-state index in [1.807, 2.05) is 6.07 Å². The second-order valence-corrected chi connectivity index (χ2v) is 5.71. The molecule has 1 aromatic heterocycles. The van der Waals surface area contributed by atoms with E-state index in [1.165, 1.54) is 17.2 Å². The lowest BCUT2D eigenvalue weighted by Gasteiger charge is -2.22. The summed E-state index contributed by atoms with van der Waals surface area (Å²) in [6.07, 6.45) is -4.06. The highest BCUT2D eigenvalue weighted by Gasteiger charge is 2.27. The quantitative estimate of drug-likeness (QED) is 0.867. The summed E-state index contributed by atoms with van der Waals surface area (Å²) in [5, 5.41) is 2.92. The van der Waals surface area contributed by atoms with Crippen LogP contribution >= 0.6 is 0 Å². The van der Waals surface area contributed by atoms with Crippen molar-refractivity contribution < 1.29 is 18.0 Å². The van der Waals surface area contributed by atoms with Gasteiger partial charge in [-0.05, 0) is 18.1 Å². The lowest BCUT2D eigenvalue weighted by atomic mass is 10.1. The Morgan fingerprint density at radius 1 is 1.20 bits per heavy atom. The number of carbonyl (C=O) groups is 1. The van der Waals surface area contributed by atoms with E-state index in [0.29, 0.717) is 5.56 Å². The normalized spacial score (nSPS) is 12.5. The monoisotopic (exact) mass is 352 g/mol. The van der Waals surface area contributed by atoms with Crippen molar-refractivity contribution in [3.8, 4) is 0 Å². The van der Waals surface area contributed by atoms with Gasteiger partial charge < -0.3 is 10.2 Å². The molecule has 8 heteroatoms. The van der Waals surface area contributed by atoms with Crippen LogP contribution in [0.15, 0.2) is 42.6 Å². The third kappa shape index (κ3) is 5.74. The van der Waals surface area contributed by atoms with Crippen molar-refractivity contribution in [2.75, 3.05) is 19.4 Å². The molecule has 0 saturated carbocycles. The van der Waals surface area contributed by atoms with Crippen LogP contribution in [0.25, 0.3) is 0 Å². The molecule has 1 aromatic carbocycles. The van der Waals surface area contributed by atoms with Crippen LogP contribution in [-0.4, -0.2) is 41.0 Å². The first-order valence-corrected chi connectivity index (χ1v) is 7.67. The van der Waals surface area contributed by atoms with Crippen LogP contribution in [0, 0.1) is 0 Å². The molecule has 0 fully saturated rings. The van der Waals surface area contributed by atoms with Crippen molar-refractivity contribution in [2.45, 2.75) is 25.1 Å². The van der Waals surface area contributed by atoms with Gasteiger partial charge in [-0.3, -0.25) is 4.79 Å². The molecule has 0 bridgehead atoms. The molecule has 1 heterocycles. The zero-order valence-electron chi connectivity index (χ0n) is 13.9. The maximum absolute atomic E-state index is 12.4. The number of benzene rings is 1. The van der Waals surface area contributed by atoms with Crippen molar-refractivity contribution in [1.82, 2.24) is 14.9 Å². The Kier molecular flexibility index (Phi) is 5.95. The van der Waals surface area contributed by atoms with E-state index in [9.17, 15) is 18.0 Å². The summed E-state index contributed by atoms with van der Waals surface area (Å²) in [7, 11) is 3.25. The second kappa shape index (κ2) is 7.96. The molecule has 0 aliphatic rings. The molecule has 1 N–H and O–H groups in total. The Labute approximate surface area is 143 Å². The van der Waals surface area contributed by atoms with Gasteiger partial charge in [0.1, 0.15) is 6.04 Å². The SMILES string of the molecule is CN(C)C(=O)[C@H](Nc1nccc(CCC(F)(F)F)n1)c1ccccc1. The van der Waals surface area contributed by atoms with Gasteiger partial charge in [0, 0.05) is 32.4 Å². The zero-order valence-corrected chi connectivity index (χ0v) is 13.9.